The molecule has 0 fully saturated rings. The smallest absolute Gasteiger partial charge is 0.345 e. The first kappa shape index (κ1) is 18.2. The third-order valence-electron chi connectivity index (χ3n) is 4.14. The van der Waals surface area contributed by atoms with Crippen LogP contribution >= 0.6 is 22.9 Å². The number of ether oxygens (including phenoxy) is 1. The first-order valence-electron chi connectivity index (χ1n) is 8.24. The van der Waals surface area contributed by atoms with E-state index in [-0.39, 0.29) is 5.75 Å². The van der Waals surface area contributed by atoms with E-state index in [2.05, 4.69) is 15.0 Å². The lowest BCUT2D eigenvalue weighted by molar-refractivity contribution is 0.373. The molecule has 0 unspecified atom stereocenters. The van der Waals surface area contributed by atoms with Crippen LogP contribution in [0.1, 0.15) is 0 Å². The Morgan fingerprint density at radius 2 is 1.79 bits per heavy atom. The minimum atomic E-state index is -0.463. The summed E-state index contributed by atoms with van der Waals surface area (Å²) in [5.41, 5.74) is 3.08. The van der Waals surface area contributed by atoms with Crippen molar-refractivity contribution < 1.29 is 9.84 Å². The molecule has 0 aliphatic carbocycles. The van der Waals surface area contributed by atoms with Gasteiger partial charge in [0.1, 0.15) is 9.34 Å². The minimum Gasteiger partial charge on any atom is -0.504 e. The van der Waals surface area contributed by atoms with Gasteiger partial charge in [0.15, 0.2) is 11.5 Å². The molecule has 0 aliphatic heterocycles. The molecule has 4 rings (SSSR count). The number of methoxy groups -OCH3 is 1. The van der Waals surface area contributed by atoms with Crippen molar-refractivity contribution in [2.24, 2.45) is 0 Å². The summed E-state index contributed by atoms with van der Waals surface area (Å²) in [6.07, 6.45) is 1.62. The van der Waals surface area contributed by atoms with Crippen molar-refractivity contribution in [3.63, 3.8) is 0 Å². The summed E-state index contributed by atoms with van der Waals surface area (Å²) >= 11 is 7.35. The van der Waals surface area contributed by atoms with Gasteiger partial charge in [-0.05, 0) is 24.3 Å². The molecule has 0 saturated carbocycles. The fourth-order valence-electron chi connectivity index (χ4n) is 2.78. The summed E-state index contributed by atoms with van der Waals surface area (Å²) in [4.78, 5) is 23.2. The number of phenolic OH excluding ortho intramolecular Hbond substituents is 1. The molecule has 2 heterocycles. The zero-order valence-electron chi connectivity index (χ0n) is 14.6. The predicted molar refractivity (Wildman–Crippen MR) is 110 cm³/mol. The second kappa shape index (κ2) is 7.46. The SMILES string of the molecule is COc1cc(-c2cc(-c3ccc(-c4ncc(Cl)s4)cc3)nc(=O)[nH]2)ccc1O. The minimum absolute atomic E-state index is 0.0285. The molecule has 8 heteroatoms. The largest absolute Gasteiger partial charge is 0.504 e. The molecule has 4 aromatic rings. The van der Waals surface area contributed by atoms with Crippen molar-refractivity contribution in [3.05, 3.63) is 69.5 Å². The topological polar surface area (TPSA) is 88.1 Å². The Balaban J connectivity index is 1.72. The van der Waals surface area contributed by atoms with E-state index in [4.69, 9.17) is 16.3 Å². The third kappa shape index (κ3) is 3.62. The summed E-state index contributed by atoms with van der Waals surface area (Å²) in [5.74, 6) is 0.351. The maximum Gasteiger partial charge on any atom is 0.345 e. The van der Waals surface area contributed by atoms with Crippen molar-refractivity contribution in [1.29, 1.82) is 0 Å². The average Bonchev–Trinajstić information content (AvgIpc) is 3.14. The number of halogens is 1. The monoisotopic (exact) mass is 411 g/mol. The highest BCUT2D eigenvalue weighted by atomic mass is 35.5. The van der Waals surface area contributed by atoms with Gasteiger partial charge in [-0.15, -0.1) is 11.3 Å². The Morgan fingerprint density at radius 1 is 1.07 bits per heavy atom. The van der Waals surface area contributed by atoms with Crippen LogP contribution in [0.25, 0.3) is 33.1 Å². The van der Waals surface area contributed by atoms with Crippen molar-refractivity contribution in [2.45, 2.75) is 0 Å². The Hall–Kier alpha value is -3.16. The van der Waals surface area contributed by atoms with Crippen LogP contribution < -0.4 is 10.4 Å². The molecule has 0 amide bonds. The number of benzene rings is 2. The zero-order valence-corrected chi connectivity index (χ0v) is 16.2. The fourth-order valence-corrected chi connectivity index (χ4v) is 3.70. The van der Waals surface area contributed by atoms with Crippen LogP contribution in [-0.4, -0.2) is 27.2 Å². The fraction of sp³-hybridized carbons (Fsp3) is 0.0500. The van der Waals surface area contributed by atoms with E-state index in [1.807, 2.05) is 24.3 Å². The molecule has 0 aliphatic rings. The molecule has 2 aromatic carbocycles. The van der Waals surface area contributed by atoms with Crippen LogP contribution in [0.2, 0.25) is 4.34 Å². The number of hydrogen-bond acceptors (Lipinski definition) is 6. The number of nitrogens with zero attached hydrogens (tertiary/aromatic N) is 2. The highest BCUT2D eigenvalue weighted by Crippen LogP contribution is 2.32. The van der Waals surface area contributed by atoms with Gasteiger partial charge >= 0.3 is 5.69 Å². The molecule has 0 bridgehead atoms. The van der Waals surface area contributed by atoms with Crippen molar-refractivity contribution >= 4 is 22.9 Å². The number of aromatic nitrogens is 3. The summed E-state index contributed by atoms with van der Waals surface area (Å²) in [6, 6.07) is 14.2. The number of nitrogens with one attached hydrogen (secondary N) is 1. The summed E-state index contributed by atoms with van der Waals surface area (Å²) < 4.78 is 5.77. The number of hydrogen-bond donors (Lipinski definition) is 2. The predicted octanol–water partition coefficient (Wildman–Crippen LogP) is 4.60. The molecular weight excluding hydrogens is 398 g/mol. The van der Waals surface area contributed by atoms with E-state index in [1.165, 1.54) is 24.5 Å². The van der Waals surface area contributed by atoms with E-state index in [0.717, 1.165) is 16.1 Å². The van der Waals surface area contributed by atoms with Crippen LogP contribution in [0, 0.1) is 0 Å². The Labute approximate surface area is 169 Å². The summed E-state index contributed by atoms with van der Waals surface area (Å²) in [6.45, 7) is 0. The highest BCUT2D eigenvalue weighted by Gasteiger charge is 2.10. The molecule has 0 radical (unpaired) electrons. The zero-order chi connectivity index (χ0) is 19.7. The van der Waals surface area contributed by atoms with E-state index < -0.39 is 5.69 Å². The lowest BCUT2D eigenvalue weighted by Gasteiger charge is -2.08. The number of rotatable bonds is 4. The van der Waals surface area contributed by atoms with Crippen molar-refractivity contribution in [2.75, 3.05) is 7.11 Å². The van der Waals surface area contributed by atoms with Gasteiger partial charge in [-0.2, -0.15) is 4.98 Å². The second-order valence-corrected chi connectivity index (χ2v) is 7.58. The van der Waals surface area contributed by atoms with Gasteiger partial charge in [-0.25, -0.2) is 9.78 Å². The quantitative estimate of drug-likeness (QED) is 0.512. The molecule has 0 saturated heterocycles. The van der Waals surface area contributed by atoms with Crippen molar-refractivity contribution in [1.82, 2.24) is 15.0 Å². The van der Waals surface area contributed by atoms with Gasteiger partial charge in [-0.3, -0.25) is 0 Å². The summed E-state index contributed by atoms with van der Waals surface area (Å²) in [5, 5.41) is 10.6. The van der Waals surface area contributed by atoms with Gasteiger partial charge in [0, 0.05) is 16.7 Å². The molecule has 6 nitrogen and oxygen atoms in total. The van der Waals surface area contributed by atoms with Gasteiger partial charge in [-0.1, -0.05) is 35.9 Å². The van der Waals surface area contributed by atoms with E-state index in [1.54, 1.807) is 24.4 Å². The lowest BCUT2D eigenvalue weighted by Crippen LogP contribution is -2.11. The van der Waals surface area contributed by atoms with Crippen LogP contribution in [0.15, 0.2) is 59.5 Å². The molecule has 0 spiro atoms. The number of phenols is 1. The molecular formula is C20H14ClN3O3S. The van der Waals surface area contributed by atoms with Gasteiger partial charge in [0.05, 0.1) is 24.7 Å². The van der Waals surface area contributed by atoms with E-state index in [0.29, 0.717) is 27.0 Å². The second-order valence-electron chi connectivity index (χ2n) is 5.92. The first-order valence-corrected chi connectivity index (χ1v) is 9.44. The molecule has 2 aromatic heterocycles. The number of H-pyrrole nitrogens is 1. The Kier molecular flexibility index (Phi) is 4.85. The standard InChI is InChI=1S/C20H14ClN3O3S/c1-27-17-8-13(6-7-16(17)25)15-9-14(23-20(26)24-15)11-2-4-12(5-3-11)19-22-10-18(21)28-19/h2-10,25H,1H3,(H,23,24,26). The maximum atomic E-state index is 12.1. The lowest BCUT2D eigenvalue weighted by atomic mass is 10.1. The normalized spacial score (nSPS) is 10.8. The molecule has 0 atom stereocenters. The van der Waals surface area contributed by atoms with Crippen molar-refractivity contribution in [3.8, 4) is 44.6 Å². The van der Waals surface area contributed by atoms with E-state index >= 15 is 0 Å². The van der Waals surface area contributed by atoms with E-state index in [9.17, 15) is 9.90 Å². The molecule has 2 N–H and O–H groups in total. The summed E-state index contributed by atoms with van der Waals surface area (Å²) in [7, 11) is 1.47. The van der Waals surface area contributed by atoms with Gasteiger partial charge in [0.25, 0.3) is 0 Å². The van der Waals surface area contributed by atoms with Gasteiger partial charge < -0.3 is 14.8 Å². The van der Waals surface area contributed by atoms with Crippen LogP contribution in [0.5, 0.6) is 11.5 Å². The molecule has 28 heavy (non-hydrogen) atoms. The van der Waals surface area contributed by atoms with Crippen LogP contribution in [0.3, 0.4) is 0 Å². The highest BCUT2D eigenvalue weighted by molar-refractivity contribution is 7.18. The maximum absolute atomic E-state index is 12.1. The van der Waals surface area contributed by atoms with Gasteiger partial charge in [0.2, 0.25) is 0 Å². The average molecular weight is 412 g/mol. The van der Waals surface area contributed by atoms with Crippen LogP contribution in [0.4, 0.5) is 0 Å². The third-order valence-corrected chi connectivity index (χ3v) is 5.30. The number of aromatic amines is 1. The Morgan fingerprint density at radius 3 is 2.46 bits per heavy atom. The van der Waals surface area contributed by atoms with Crippen LogP contribution in [-0.2, 0) is 0 Å². The molecule has 140 valence electrons. The Bertz CT molecular complexity index is 1200. The number of thiazole rings is 1. The first-order chi connectivity index (χ1) is 13.5. The number of aromatic hydroxyl groups is 1.